The van der Waals surface area contributed by atoms with Gasteiger partial charge in [0.15, 0.2) is 0 Å². The maximum absolute atomic E-state index is 11.5. The van der Waals surface area contributed by atoms with Gasteiger partial charge >= 0.3 is 0 Å². The summed E-state index contributed by atoms with van der Waals surface area (Å²) in [5.74, 6) is 0.647. The molecule has 2 heteroatoms. The molecule has 0 aliphatic heterocycles. The number of phenolic OH excluding ortho intramolecular Hbond substituents is 1. The molecule has 7 rings (SSSR count). The topological polar surface area (TPSA) is 32.6 Å². The van der Waals surface area contributed by atoms with E-state index in [1.54, 1.807) is 0 Å². The van der Waals surface area contributed by atoms with Gasteiger partial charge in [-0.3, -0.25) is 4.99 Å². The Morgan fingerprint density at radius 1 is 0.778 bits per heavy atom. The first-order valence-corrected chi connectivity index (χ1v) is 17.1. The van der Waals surface area contributed by atoms with Crippen LogP contribution < -0.4 is 0 Å². The molecular weight excluding hydrogens is 546 g/mol. The zero-order valence-corrected chi connectivity index (χ0v) is 27.4. The van der Waals surface area contributed by atoms with Crippen molar-refractivity contribution in [2.75, 3.05) is 0 Å². The Morgan fingerprint density at radius 3 is 2.07 bits per heavy atom. The number of benzene rings is 4. The second-order valence-electron chi connectivity index (χ2n) is 14.9. The average molecular weight is 594 g/mol. The van der Waals surface area contributed by atoms with Gasteiger partial charge in [0.05, 0.1) is 0 Å². The van der Waals surface area contributed by atoms with E-state index in [0.717, 1.165) is 43.2 Å². The van der Waals surface area contributed by atoms with Gasteiger partial charge in [0.1, 0.15) is 5.75 Å². The van der Waals surface area contributed by atoms with Crippen LogP contribution in [0.3, 0.4) is 0 Å². The van der Waals surface area contributed by atoms with Gasteiger partial charge in [-0.15, -0.1) is 0 Å². The summed E-state index contributed by atoms with van der Waals surface area (Å²) < 4.78 is 0. The van der Waals surface area contributed by atoms with E-state index in [1.807, 2.05) is 6.21 Å². The molecule has 0 bridgehead atoms. The minimum atomic E-state index is -0.174. The van der Waals surface area contributed by atoms with Crippen LogP contribution in [0.1, 0.15) is 111 Å². The third kappa shape index (κ3) is 5.47. The van der Waals surface area contributed by atoms with Gasteiger partial charge in [-0.05, 0) is 88.1 Å². The van der Waals surface area contributed by atoms with E-state index in [4.69, 9.17) is 4.99 Å². The Labute approximate surface area is 270 Å². The van der Waals surface area contributed by atoms with Crippen molar-refractivity contribution in [1.82, 2.24) is 0 Å². The summed E-state index contributed by atoms with van der Waals surface area (Å²) in [6.45, 7) is 9.11. The maximum atomic E-state index is 11.5. The van der Waals surface area contributed by atoms with Crippen molar-refractivity contribution in [1.29, 1.82) is 0 Å². The highest BCUT2D eigenvalue weighted by molar-refractivity contribution is 5.86. The Morgan fingerprint density at radius 2 is 1.40 bits per heavy atom. The van der Waals surface area contributed by atoms with E-state index in [-0.39, 0.29) is 16.7 Å². The van der Waals surface area contributed by atoms with Crippen molar-refractivity contribution >= 4 is 11.8 Å². The van der Waals surface area contributed by atoms with Gasteiger partial charge in [-0.1, -0.05) is 132 Å². The normalized spacial score (nSPS) is 18.0. The Bertz CT molecular complexity index is 1730. The van der Waals surface area contributed by atoms with Gasteiger partial charge in [0, 0.05) is 34.7 Å². The number of aromatic hydroxyl groups is 1. The predicted octanol–water partition coefficient (Wildman–Crippen LogP) is 10.8. The van der Waals surface area contributed by atoms with Crippen molar-refractivity contribution in [2.24, 2.45) is 10.4 Å². The second kappa shape index (κ2) is 11.8. The average Bonchev–Trinajstić information content (AvgIpc) is 3.64. The van der Waals surface area contributed by atoms with Crippen LogP contribution in [0.25, 0.3) is 16.7 Å². The van der Waals surface area contributed by atoms with Gasteiger partial charge in [0.2, 0.25) is 0 Å². The number of aliphatic imine (C=N–C) groups is 1. The van der Waals surface area contributed by atoms with Crippen LogP contribution in [0.5, 0.6) is 5.75 Å². The molecule has 4 aromatic carbocycles. The maximum Gasteiger partial charge on any atom is 0.128 e. The molecule has 230 valence electrons. The standard InChI is InChI=1S/C43H47NO/c1-42(2,3)39-27-29(26-31(41(39)45)28-44-32-15-6-5-7-16-32)24-25-43(4,38-23-22-30-14-8-9-17-33(30)38)40-36-20-12-10-18-34(36)35-19-11-13-21-37(35)40/h8-14,17-21,23,26-28,32,40,45H,5-7,15-16,22,24-25H2,1-4H3. The molecule has 2 nitrogen and oxygen atoms in total. The van der Waals surface area contributed by atoms with Gasteiger partial charge in [-0.2, -0.15) is 0 Å². The highest BCUT2D eigenvalue weighted by Crippen LogP contribution is 2.60. The molecule has 3 aliphatic rings. The predicted molar refractivity (Wildman–Crippen MR) is 190 cm³/mol. The molecule has 1 unspecified atom stereocenters. The Hall–Kier alpha value is -3.91. The lowest BCUT2D eigenvalue weighted by Gasteiger charge is -2.39. The fraction of sp³-hybridized carbons (Fsp3) is 0.372. The van der Waals surface area contributed by atoms with Crippen LogP contribution in [-0.2, 0) is 18.3 Å². The van der Waals surface area contributed by atoms with Crippen LogP contribution in [0.4, 0.5) is 0 Å². The first-order chi connectivity index (χ1) is 21.7. The molecule has 0 amide bonds. The summed E-state index contributed by atoms with van der Waals surface area (Å²) in [5.41, 5.74) is 12.8. The number of fused-ring (bicyclic) bond motifs is 4. The summed E-state index contributed by atoms with van der Waals surface area (Å²) in [5, 5.41) is 11.5. The molecule has 0 saturated heterocycles. The van der Waals surface area contributed by atoms with Gasteiger partial charge in [-0.25, -0.2) is 0 Å². The number of phenols is 1. The molecule has 1 saturated carbocycles. The SMILES string of the molecule is CC(C)(C)c1cc(CCC(C)(C2=CCc3ccccc32)C2c3ccccc3-c3ccccc32)cc(C=NC2CCCCC2)c1O. The molecule has 1 atom stereocenters. The van der Waals surface area contributed by atoms with E-state index in [9.17, 15) is 5.11 Å². The highest BCUT2D eigenvalue weighted by atomic mass is 16.3. The van der Waals surface area contributed by atoms with E-state index in [1.165, 1.54) is 63.8 Å². The van der Waals surface area contributed by atoms with E-state index in [0.29, 0.717) is 11.8 Å². The quantitative estimate of drug-likeness (QED) is 0.212. The summed E-state index contributed by atoms with van der Waals surface area (Å²) in [6, 6.07) is 32.0. The largest absolute Gasteiger partial charge is 0.507 e. The third-order valence-electron chi connectivity index (χ3n) is 10.9. The summed E-state index contributed by atoms with van der Waals surface area (Å²) in [7, 11) is 0. The number of nitrogens with zero attached hydrogens (tertiary/aromatic N) is 1. The number of aryl methyl sites for hydroxylation is 1. The van der Waals surface area contributed by atoms with Gasteiger partial charge < -0.3 is 5.11 Å². The summed E-state index contributed by atoms with van der Waals surface area (Å²) in [6.07, 6.45) is 13.5. The van der Waals surface area contributed by atoms with Crippen molar-refractivity contribution in [3.8, 4) is 16.9 Å². The lowest BCUT2D eigenvalue weighted by molar-refractivity contribution is 0.364. The fourth-order valence-corrected chi connectivity index (χ4v) is 8.45. The number of allylic oxidation sites excluding steroid dienone is 2. The zero-order chi connectivity index (χ0) is 31.2. The smallest absolute Gasteiger partial charge is 0.128 e. The van der Waals surface area contributed by atoms with Crippen molar-refractivity contribution in [2.45, 2.75) is 96.4 Å². The van der Waals surface area contributed by atoms with Crippen LogP contribution in [0, 0.1) is 5.41 Å². The molecule has 0 radical (unpaired) electrons. The first kappa shape index (κ1) is 29.8. The second-order valence-corrected chi connectivity index (χ2v) is 14.9. The van der Waals surface area contributed by atoms with Gasteiger partial charge in [0.25, 0.3) is 0 Å². The van der Waals surface area contributed by atoms with Crippen molar-refractivity contribution < 1.29 is 5.11 Å². The molecule has 4 aromatic rings. The number of hydrogen-bond acceptors (Lipinski definition) is 2. The minimum Gasteiger partial charge on any atom is -0.507 e. The summed E-state index contributed by atoms with van der Waals surface area (Å²) >= 11 is 0. The number of rotatable bonds is 7. The molecule has 3 aliphatic carbocycles. The monoisotopic (exact) mass is 593 g/mol. The van der Waals surface area contributed by atoms with E-state index in [2.05, 4.69) is 119 Å². The fourth-order valence-electron chi connectivity index (χ4n) is 8.45. The van der Waals surface area contributed by atoms with Crippen molar-refractivity contribution in [3.63, 3.8) is 0 Å². The molecule has 45 heavy (non-hydrogen) atoms. The van der Waals surface area contributed by atoms with Crippen LogP contribution in [0.15, 0.2) is 96.0 Å². The molecule has 1 N–H and O–H groups in total. The zero-order valence-electron chi connectivity index (χ0n) is 27.4. The van der Waals surface area contributed by atoms with E-state index < -0.39 is 0 Å². The molecule has 0 aromatic heterocycles. The molecular formula is C43H47NO. The Balaban J connectivity index is 1.31. The lowest BCUT2D eigenvalue weighted by Crippen LogP contribution is -2.28. The molecule has 1 fully saturated rings. The lowest BCUT2D eigenvalue weighted by atomic mass is 9.63. The summed E-state index contributed by atoms with van der Waals surface area (Å²) in [4.78, 5) is 4.99. The molecule has 0 heterocycles. The van der Waals surface area contributed by atoms with Crippen LogP contribution >= 0.6 is 0 Å². The van der Waals surface area contributed by atoms with Crippen molar-refractivity contribution in [3.05, 3.63) is 130 Å². The van der Waals surface area contributed by atoms with Crippen LogP contribution in [-0.4, -0.2) is 17.4 Å². The number of hydrogen-bond donors (Lipinski definition) is 1. The minimum absolute atomic E-state index is 0.133. The first-order valence-electron chi connectivity index (χ1n) is 17.1. The molecule has 0 spiro atoms. The Kier molecular flexibility index (Phi) is 7.80. The van der Waals surface area contributed by atoms with Crippen LogP contribution in [0.2, 0.25) is 0 Å². The van der Waals surface area contributed by atoms with E-state index >= 15 is 0 Å². The third-order valence-corrected chi connectivity index (χ3v) is 10.9. The highest BCUT2D eigenvalue weighted by Gasteiger charge is 2.45.